The standard InChI is InChI=1S/C25H39N7O3/c1-15(2)20-14-26-32-21(20)29-22(27-16-8-10-34-11-9-16)30-23(32)28-17-12-18-6-7-19(13-17)31(18)24(33)35-25(3,4)5/h14-19H,6-13H2,1-5H3,(H2,27,28,29,30)/t17?,18-,19+. The Morgan fingerprint density at radius 1 is 1.06 bits per heavy atom. The van der Waals surface area contributed by atoms with Crippen LogP contribution in [0.4, 0.5) is 16.7 Å². The highest BCUT2D eigenvalue weighted by Crippen LogP contribution is 2.38. The Hall–Kier alpha value is -2.62. The van der Waals surface area contributed by atoms with E-state index in [1.807, 2.05) is 36.4 Å². The van der Waals surface area contributed by atoms with Crippen molar-refractivity contribution in [2.75, 3.05) is 23.8 Å². The molecule has 3 atom stereocenters. The normalized spacial score (nSPS) is 25.3. The van der Waals surface area contributed by atoms with E-state index in [1.165, 1.54) is 0 Å². The van der Waals surface area contributed by atoms with Gasteiger partial charge >= 0.3 is 6.09 Å². The molecule has 3 fully saturated rings. The maximum absolute atomic E-state index is 12.8. The number of anilines is 2. The Morgan fingerprint density at radius 2 is 1.74 bits per heavy atom. The molecule has 0 saturated carbocycles. The van der Waals surface area contributed by atoms with Gasteiger partial charge in [-0.25, -0.2) is 4.79 Å². The second kappa shape index (κ2) is 9.44. The van der Waals surface area contributed by atoms with Crippen LogP contribution in [0.3, 0.4) is 0 Å². The Bertz CT molecular complexity index is 1040. The summed E-state index contributed by atoms with van der Waals surface area (Å²) in [6, 6.07) is 0.869. The highest BCUT2D eigenvalue weighted by molar-refractivity contribution is 5.70. The lowest BCUT2D eigenvalue weighted by atomic mass is 9.98. The van der Waals surface area contributed by atoms with Crippen LogP contribution in [0.2, 0.25) is 0 Å². The van der Waals surface area contributed by atoms with Gasteiger partial charge in [0.05, 0.1) is 6.20 Å². The Labute approximate surface area is 207 Å². The van der Waals surface area contributed by atoms with Crippen molar-refractivity contribution in [2.24, 2.45) is 0 Å². The third-order valence-electron chi connectivity index (χ3n) is 7.24. The summed E-state index contributed by atoms with van der Waals surface area (Å²) >= 11 is 0. The number of hydrogen-bond donors (Lipinski definition) is 2. The average Bonchev–Trinajstić information content (AvgIpc) is 3.32. The molecule has 5 rings (SSSR count). The van der Waals surface area contributed by atoms with E-state index in [-0.39, 0.29) is 24.2 Å². The van der Waals surface area contributed by atoms with E-state index < -0.39 is 5.60 Å². The second-order valence-corrected chi connectivity index (χ2v) is 11.5. The van der Waals surface area contributed by atoms with E-state index in [0.29, 0.717) is 23.9 Å². The van der Waals surface area contributed by atoms with E-state index in [2.05, 4.69) is 29.6 Å². The summed E-state index contributed by atoms with van der Waals surface area (Å²) in [6.07, 6.45) is 7.34. The van der Waals surface area contributed by atoms with Gasteiger partial charge in [0.25, 0.3) is 0 Å². The number of piperidine rings is 1. The highest BCUT2D eigenvalue weighted by Gasteiger charge is 2.45. The molecule has 10 nitrogen and oxygen atoms in total. The van der Waals surface area contributed by atoms with Gasteiger partial charge < -0.3 is 25.0 Å². The van der Waals surface area contributed by atoms with Crippen LogP contribution in [-0.2, 0) is 9.47 Å². The molecule has 5 heterocycles. The Balaban J connectivity index is 1.36. The highest BCUT2D eigenvalue weighted by atomic mass is 16.6. The quantitative estimate of drug-likeness (QED) is 0.650. The first-order valence-corrected chi connectivity index (χ1v) is 13.1. The van der Waals surface area contributed by atoms with Crippen LogP contribution in [0.1, 0.15) is 84.6 Å². The minimum Gasteiger partial charge on any atom is -0.444 e. The van der Waals surface area contributed by atoms with E-state index in [1.54, 1.807) is 0 Å². The second-order valence-electron chi connectivity index (χ2n) is 11.5. The molecule has 0 spiro atoms. The zero-order valence-corrected chi connectivity index (χ0v) is 21.6. The summed E-state index contributed by atoms with van der Waals surface area (Å²) in [5.74, 6) is 1.63. The molecule has 0 aliphatic carbocycles. The first kappa shape index (κ1) is 24.1. The van der Waals surface area contributed by atoms with Crippen molar-refractivity contribution in [2.45, 2.75) is 109 Å². The number of carbonyl (C=O) groups excluding carboxylic acids is 1. The first-order valence-electron chi connectivity index (χ1n) is 13.1. The van der Waals surface area contributed by atoms with Gasteiger partial charge in [-0.3, -0.25) is 0 Å². The molecule has 1 unspecified atom stereocenters. The summed E-state index contributed by atoms with van der Waals surface area (Å²) in [5.41, 5.74) is 1.45. The maximum Gasteiger partial charge on any atom is 0.410 e. The lowest BCUT2D eigenvalue weighted by Crippen LogP contribution is -2.51. The van der Waals surface area contributed by atoms with Crippen molar-refractivity contribution >= 4 is 23.6 Å². The molecule has 1 amide bonds. The SMILES string of the molecule is CC(C)c1cnn2c(NC3C[C@H]4CC[C@@H](C3)N4C(=O)OC(C)(C)C)nc(NC3CCOCC3)nc12. The Morgan fingerprint density at radius 3 is 2.37 bits per heavy atom. The van der Waals surface area contributed by atoms with Crippen LogP contribution in [-0.4, -0.2) is 73.6 Å². The van der Waals surface area contributed by atoms with Crippen LogP contribution >= 0.6 is 0 Å². The minimum absolute atomic E-state index is 0.183. The van der Waals surface area contributed by atoms with Crippen LogP contribution in [0, 0.1) is 0 Å². The first-order chi connectivity index (χ1) is 16.7. The van der Waals surface area contributed by atoms with E-state index in [4.69, 9.17) is 19.4 Å². The van der Waals surface area contributed by atoms with Crippen molar-refractivity contribution in [3.8, 4) is 0 Å². The van der Waals surface area contributed by atoms with Crippen LogP contribution in [0.5, 0.6) is 0 Å². The fraction of sp³-hybridized carbons (Fsp3) is 0.760. The minimum atomic E-state index is -0.486. The Kier molecular flexibility index (Phi) is 6.50. The summed E-state index contributed by atoms with van der Waals surface area (Å²) in [6.45, 7) is 11.6. The topological polar surface area (TPSA) is 106 Å². The molecule has 2 aromatic rings. The van der Waals surface area contributed by atoms with Crippen molar-refractivity contribution in [1.29, 1.82) is 0 Å². The summed E-state index contributed by atoms with van der Waals surface area (Å²) in [4.78, 5) is 24.5. The molecule has 35 heavy (non-hydrogen) atoms. The molecule has 2 N–H and O–H groups in total. The van der Waals surface area contributed by atoms with Crippen molar-refractivity contribution in [1.82, 2.24) is 24.5 Å². The number of ether oxygens (including phenoxy) is 2. The van der Waals surface area contributed by atoms with E-state index in [9.17, 15) is 4.79 Å². The number of carbonyl (C=O) groups is 1. The van der Waals surface area contributed by atoms with Gasteiger partial charge in [0, 0.05) is 42.9 Å². The van der Waals surface area contributed by atoms with Gasteiger partial charge in [-0.15, -0.1) is 0 Å². The van der Waals surface area contributed by atoms with Gasteiger partial charge in [-0.2, -0.15) is 19.6 Å². The average molecular weight is 486 g/mol. The number of nitrogens with zero attached hydrogens (tertiary/aromatic N) is 5. The zero-order chi connectivity index (χ0) is 24.7. The third-order valence-corrected chi connectivity index (χ3v) is 7.24. The van der Waals surface area contributed by atoms with Crippen molar-refractivity contribution in [3.63, 3.8) is 0 Å². The number of fused-ring (bicyclic) bond motifs is 3. The third kappa shape index (κ3) is 5.17. The predicted octanol–water partition coefficient (Wildman–Crippen LogP) is 4.18. The molecule has 3 saturated heterocycles. The van der Waals surface area contributed by atoms with Gasteiger partial charge in [-0.05, 0) is 65.2 Å². The molecule has 2 bridgehead atoms. The number of amides is 1. The number of aromatic nitrogens is 4. The monoisotopic (exact) mass is 485 g/mol. The largest absolute Gasteiger partial charge is 0.444 e. The van der Waals surface area contributed by atoms with Crippen LogP contribution in [0.25, 0.3) is 5.65 Å². The summed E-state index contributed by atoms with van der Waals surface area (Å²) in [5, 5.41) is 11.8. The van der Waals surface area contributed by atoms with E-state index in [0.717, 1.165) is 62.9 Å². The molecular formula is C25H39N7O3. The van der Waals surface area contributed by atoms with Crippen molar-refractivity contribution < 1.29 is 14.3 Å². The number of hydrogen-bond acceptors (Lipinski definition) is 8. The predicted molar refractivity (Wildman–Crippen MR) is 134 cm³/mol. The lowest BCUT2D eigenvalue weighted by molar-refractivity contribution is 0.00681. The maximum atomic E-state index is 12.8. The van der Waals surface area contributed by atoms with Gasteiger partial charge in [-0.1, -0.05) is 13.8 Å². The molecular weight excluding hydrogens is 446 g/mol. The lowest BCUT2D eigenvalue weighted by Gasteiger charge is -2.39. The van der Waals surface area contributed by atoms with Gasteiger partial charge in [0.2, 0.25) is 11.9 Å². The van der Waals surface area contributed by atoms with Gasteiger partial charge in [0.15, 0.2) is 5.65 Å². The van der Waals surface area contributed by atoms with E-state index >= 15 is 0 Å². The fourth-order valence-corrected chi connectivity index (χ4v) is 5.57. The fourth-order valence-electron chi connectivity index (χ4n) is 5.57. The molecule has 2 aromatic heterocycles. The smallest absolute Gasteiger partial charge is 0.410 e. The molecule has 0 aromatic carbocycles. The zero-order valence-electron chi connectivity index (χ0n) is 21.6. The molecule has 3 aliphatic rings. The molecule has 3 aliphatic heterocycles. The van der Waals surface area contributed by atoms with Crippen molar-refractivity contribution in [3.05, 3.63) is 11.8 Å². The summed E-state index contributed by atoms with van der Waals surface area (Å²) in [7, 11) is 0. The molecule has 192 valence electrons. The summed E-state index contributed by atoms with van der Waals surface area (Å²) < 4.78 is 13.0. The number of rotatable bonds is 5. The number of nitrogens with one attached hydrogen (secondary N) is 2. The molecule has 10 heteroatoms. The molecule has 0 radical (unpaired) electrons. The van der Waals surface area contributed by atoms with Gasteiger partial charge in [0.1, 0.15) is 5.60 Å². The van der Waals surface area contributed by atoms with Crippen LogP contribution in [0.15, 0.2) is 6.20 Å². The van der Waals surface area contributed by atoms with Crippen LogP contribution < -0.4 is 10.6 Å².